The first-order valence-corrected chi connectivity index (χ1v) is 9.69. The Bertz CT molecular complexity index is 998. The van der Waals surface area contributed by atoms with Crippen LogP contribution in [0.1, 0.15) is 28.4 Å². The smallest absolute Gasteiger partial charge is 0.255 e. The number of nitrogens with zero attached hydrogens (tertiary/aromatic N) is 1. The number of nitrogens with one attached hydrogen (secondary N) is 2. The first-order chi connectivity index (χ1) is 12.5. The van der Waals surface area contributed by atoms with E-state index in [4.69, 9.17) is 0 Å². The molecule has 0 unspecified atom stereocenters. The lowest BCUT2D eigenvalue weighted by Gasteiger charge is -2.16. The number of benzene rings is 2. The van der Waals surface area contributed by atoms with Crippen LogP contribution in [-0.2, 0) is 14.8 Å². The summed E-state index contributed by atoms with van der Waals surface area (Å²) in [6.07, 6.45) is 0. The zero-order valence-corrected chi connectivity index (χ0v) is 16.8. The van der Waals surface area contributed by atoms with E-state index < -0.39 is 15.9 Å². The van der Waals surface area contributed by atoms with Crippen LogP contribution in [-0.4, -0.2) is 38.6 Å². The molecule has 0 aliphatic rings. The van der Waals surface area contributed by atoms with E-state index in [0.29, 0.717) is 16.9 Å². The number of carbonyl (C=O) groups is 2. The summed E-state index contributed by atoms with van der Waals surface area (Å²) in [6, 6.07) is 9.54. The Morgan fingerprint density at radius 3 is 2.26 bits per heavy atom. The lowest BCUT2D eigenvalue weighted by molar-refractivity contribution is -0.114. The van der Waals surface area contributed by atoms with Crippen molar-refractivity contribution in [3.8, 4) is 0 Å². The number of hydrogen-bond donors (Lipinski definition) is 2. The van der Waals surface area contributed by atoms with Crippen molar-refractivity contribution in [1.29, 1.82) is 0 Å². The summed E-state index contributed by atoms with van der Waals surface area (Å²) >= 11 is 0. The Balaban J connectivity index is 2.38. The van der Waals surface area contributed by atoms with Gasteiger partial charge in [0.1, 0.15) is 0 Å². The maximum absolute atomic E-state index is 12.6. The van der Waals surface area contributed by atoms with Crippen LogP contribution in [0.5, 0.6) is 0 Å². The molecule has 2 N–H and O–H groups in total. The second-order valence-electron chi connectivity index (χ2n) is 6.42. The number of carbonyl (C=O) groups excluding carboxylic acids is 2. The quantitative estimate of drug-likeness (QED) is 0.822. The van der Waals surface area contributed by atoms with Crippen molar-refractivity contribution in [2.75, 3.05) is 24.7 Å². The monoisotopic (exact) mass is 389 g/mol. The fraction of sp³-hybridized carbons (Fsp3) is 0.263. The van der Waals surface area contributed by atoms with E-state index in [1.54, 1.807) is 37.3 Å². The van der Waals surface area contributed by atoms with E-state index in [0.717, 1.165) is 15.4 Å². The van der Waals surface area contributed by atoms with Crippen LogP contribution in [0.25, 0.3) is 0 Å². The summed E-state index contributed by atoms with van der Waals surface area (Å²) in [7, 11) is -0.715. The summed E-state index contributed by atoms with van der Waals surface area (Å²) in [5.74, 6) is -0.635. The molecular formula is C19H23N3O4S. The van der Waals surface area contributed by atoms with E-state index in [1.165, 1.54) is 27.1 Å². The number of aryl methyl sites for hydroxylation is 1. The van der Waals surface area contributed by atoms with Gasteiger partial charge in [0.2, 0.25) is 15.9 Å². The maximum atomic E-state index is 12.6. The normalized spacial score (nSPS) is 11.3. The zero-order valence-electron chi connectivity index (χ0n) is 16.0. The lowest BCUT2D eigenvalue weighted by atomic mass is 10.1. The van der Waals surface area contributed by atoms with Crippen LogP contribution in [0.2, 0.25) is 0 Å². The number of amides is 2. The molecule has 2 rings (SSSR count). The third-order valence-corrected chi connectivity index (χ3v) is 5.91. The van der Waals surface area contributed by atoms with Gasteiger partial charge in [0, 0.05) is 38.0 Å². The van der Waals surface area contributed by atoms with Gasteiger partial charge in [-0.3, -0.25) is 9.59 Å². The molecule has 0 saturated heterocycles. The van der Waals surface area contributed by atoms with Crippen molar-refractivity contribution < 1.29 is 18.0 Å². The first-order valence-electron chi connectivity index (χ1n) is 8.25. The van der Waals surface area contributed by atoms with E-state index in [-0.39, 0.29) is 10.8 Å². The minimum atomic E-state index is -3.62. The molecule has 8 heteroatoms. The van der Waals surface area contributed by atoms with Crippen LogP contribution in [0.4, 0.5) is 11.4 Å². The Morgan fingerprint density at radius 2 is 1.67 bits per heavy atom. The van der Waals surface area contributed by atoms with Gasteiger partial charge in [-0.1, -0.05) is 6.07 Å². The summed E-state index contributed by atoms with van der Waals surface area (Å²) in [5.41, 5.74) is 2.80. The molecular weight excluding hydrogens is 366 g/mol. The third-order valence-electron chi connectivity index (χ3n) is 4.11. The molecule has 0 heterocycles. The minimum Gasteiger partial charge on any atom is -0.326 e. The van der Waals surface area contributed by atoms with Gasteiger partial charge in [0.25, 0.3) is 5.91 Å². The van der Waals surface area contributed by atoms with Crippen LogP contribution < -0.4 is 10.6 Å². The van der Waals surface area contributed by atoms with Gasteiger partial charge in [-0.25, -0.2) is 12.7 Å². The summed E-state index contributed by atoms with van der Waals surface area (Å²) in [4.78, 5) is 23.9. The van der Waals surface area contributed by atoms with Crippen molar-refractivity contribution in [2.45, 2.75) is 25.7 Å². The highest BCUT2D eigenvalue weighted by atomic mass is 32.2. The molecule has 0 spiro atoms. The molecule has 7 nitrogen and oxygen atoms in total. The van der Waals surface area contributed by atoms with Gasteiger partial charge in [0.05, 0.1) is 4.90 Å². The predicted octanol–water partition coefficient (Wildman–Crippen LogP) is 2.76. The SMILES string of the molecule is CC(=O)Nc1cccc(C(=O)Nc2cc(S(=O)(=O)N(C)C)cc(C)c2C)c1. The van der Waals surface area contributed by atoms with Crippen LogP contribution in [0.3, 0.4) is 0 Å². The average molecular weight is 389 g/mol. The van der Waals surface area contributed by atoms with Gasteiger partial charge in [-0.2, -0.15) is 0 Å². The largest absolute Gasteiger partial charge is 0.326 e. The molecule has 0 aliphatic heterocycles. The van der Waals surface area contributed by atoms with Crippen molar-refractivity contribution in [3.63, 3.8) is 0 Å². The van der Waals surface area contributed by atoms with E-state index in [2.05, 4.69) is 10.6 Å². The predicted molar refractivity (Wildman–Crippen MR) is 105 cm³/mol. The molecule has 2 aromatic rings. The molecule has 0 aromatic heterocycles. The molecule has 144 valence electrons. The van der Waals surface area contributed by atoms with Gasteiger partial charge in [0.15, 0.2) is 0 Å². The molecule has 2 amide bonds. The van der Waals surface area contributed by atoms with Crippen molar-refractivity contribution in [3.05, 3.63) is 53.1 Å². The number of rotatable bonds is 5. The minimum absolute atomic E-state index is 0.109. The van der Waals surface area contributed by atoms with Crippen molar-refractivity contribution >= 4 is 33.2 Å². The van der Waals surface area contributed by atoms with Crippen LogP contribution in [0.15, 0.2) is 41.3 Å². The Hall–Kier alpha value is -2.71. The molecule has 0 bridgehead atoms. The van der Waals surface area contributed by atoms with Gasteiger partial charge in [-0.15, -0.1) is 0 Å². The van der Waals surface area contributed by atoms with Crippen molar-refractivity contribution in [2.24, 2.45) is 0 Å². The van der Waals surface area contributed by atoms with Gasteiger partial charge in [-0.05, 0) is 55.3 Å². The standard InChI is InChI=1S/C19H23N3O4S/c1-12-9-17(27(25,26)22(4)5)11-18(13(12)2)21-19(24)15-7-6-8-16(10-15)20-14(3)23/h6-11H,1-5H3,(H,20,23)(H,21,24). The van der Waals surface area contributed by atoms with E-state index >= 15 is 0 Å². The first kappa shape index (κ1) is 20.6. The summed E-state index contributed by atoms with van der Waals surface area (Å²) < 4.78 is 26.0. The molecule has 27 heavy (non-hydrogen) atoms. The van der Waals surface area contributed by atoms with Crippen molar-refractivity contribution in [1.82, 2.24) is 4.31 Å². The topological polar surface area (TPSA) is 95.6 Å². The van der Waals surface area contributed by atoms with Crippen LogP contribution in [0, 0.1) is 13.8 Å². The highest BCUT2D eigenvalue weighted by Crippen LogP contribution is 2.26. The van der Waals surface area contributed by atoms with Crippen LogP contribution >= 0.6 is 0 Å². The van der Waals surface area contributed by atoms with E-state index in [9.17, 15) is 18.0 Å². The maximum Gasteiger partial charge on any atom is 0.255 e. The highest BCUT2D eigenvalue weighted by molar-refractivity contribution is 7.89. The lowest BCUT2D eigenvalue weighted by Crippen LogP contribution is -2.23. The third kappa shape index (κ3) is 4.72. The summed E-state index contributed by atoms with van der Waals surface area (Å²) in [5, 5.41) is 5.39. The number of sulfonamides is 1. The van der Waals surface area contributed by atoms with E-state index in [1.807, 2.05) is 6.92 Å². The zero-order chi connectivity index (χ0) is 20.4. The molecule has 2 aromatic carbocycles. The Morgan fingerprint density at radius 1 is 1.00 bits per heavy atom. The Labute approximate surface area is 159 Å². The second kappa shape index (κ2) is 7.89. The number of anilines is 2. The Kier molecular flexibility index (Phi) is 6.02. The molecule has 0 aliphatic carbocycles. The average Bonchev–Trinajstić information content (AvgIpc) is 2.58. The fourth-order valence-electron chi connectivity index (χ4n) is 2.45. The van der Waals surface area contributed by atoms with Gasteiger partial charge < -0.3 is 10.6 Å². The summed E-state index contributed by atoms with van der Waals surface area (Å²) in [6.45, 7) is 4.98. The fourth-order valence-corrected chi connectivity index (χ4v) is 3.47. The molecule has 0 radical (unpaired) electrons. The highest BCUT2D eigenvalue weighted by Gasteiger charge is 2.20. The molecule has 0 saturated carbocycles. The number of hydrogen-bond acceptors (Lipinski definition) is 4. The second-order valence-corrected chi connectivity index (χ2v) is 8.57. The molecule has 0 fully saturated rings. The van der Waals surface area contributed by atoms with Gasteiger partial charge >= 0.3 is 0 Å². The molecule has 0 atom stereocenters.